The monoisotopic (exact) mass is 479 g/mol. The van der Waals surface area contributed by atoms with Gasteiger partial charge in [0.15, 0.2) is 11.5 Å². The lowest BCUT2D eigenvalue weighted by atomic mass is 10.1. The number of hydrogen-bond acceptors (Lipinski definition) is 6. The van der Waals surface area contributed by atoms with E-state index in [9.17, 15) is 22.4 Å². The minimum Gasteiger partial charge on any atom is -0.486 e. The Bertz CT molecular complexity index is 1130. The highest BCUT2D eigenvalue weighted by Crippen LogP contribution is 2.34. The van der Waals surface area contributed by atoms with Crippen molar-refractivity contribution in [3.63, 3.8) is 0 Å². The highest BCUT2D eigenvalue weighted by atomic mass is 32.2. The summed E-state index contributed by atoms with van der Waals surface area (Å²) in [6, 6.07) is 8.97. The van der Waals surface area contributed by atoms with E-state index in [-0.39, 0.29) is 11.4 Å². The largest absolute Gasteiger partial charge is 0.486 e. The van der Waals surface area contributed by atoms with Crippen molar-refractivity contribution in [1.29, 1.82) is 0 Å². The minimum absolute atomic E-state index is 0.187. The average Bonchev–Trinajstić information content (AvgIpc) is 2.74. The number of benzene rings is 2. The number of ether oxygens (including phenoxy) is 2. The van der Waals surface area contributed by atoms with Gasteiger partial charge in [-0.25, -0.2) is 17.5 Å². The van der Waals surface area contributed by atoms with Crippen LogP contribution in [-0.2, 0) is 19.6 Å². The summed E-state index contributed by atoms with van der Waals surface area (Å²) in [7, 11) is -4.07. The second-order valence-electron chi connectivity index (χ2n) is 8.38. The fraction of sp³-hybridized carbons (Fsp3) is 0.364. The molecular weight excluding hydrogens is 453 g/mol. The van der Waals surface area contributed by atoms with Gasteiger partial charge >= 0.3 is 0 Å². The highest BCUT2D eigenvalue weighted by Gasteiger charge is 2.25. The van der Waals surface area contributed by atoms with E-state index in [1.807, 2.05) is 0 Å². The first-order chi connectivity index (χ1) is 15.4. The van der Waals surface area contributed by atoms with Gasteiger partial charge in [0, 0.05) is 17.3 Å². The molecule has 0 fully saturated rings. The number of sulfonamides is 1. The maximum absolute atomic E-state index is 13.1. The van der Waals surface area contributed by atoms with E-state index in [4.69, 9.17) is 9.47 Å². The van der Waals surface area contributed by atoms with Crippen LogP contribution in [0, 0.1) is 5.82 Å². The van der Waals surface area contributed by atoms with Crippen molar-refractivity contribution >= 4 is 27.5 Å². The number of hydrogen-bond donors (Lipinski definition) is 2. The smallest absolute Gasteiger partial charge is 0.242 e. The molecule has 0 aliphatic carbocycles. The molecule has 0 unspecified atom stereocenters. The van der Waals surface area contributed by atoms with Crippen molar-refractivity contribution in [3.8, 4) is 11.5 Å². The molecule has 9 nitrogen and oxygen atoms in total. The van der Waals surface area contributed by atoms with E-state index in [1.54, 1.807) is 39.0 Å². The molecule has 178 valence electrons. The van der Waals surface area contributed by atoms with Crippen molar-refractivity contribution in [2.45, 2.75) is 31.2 Å². The fourth-order valence-corrected chi connectivity index (χ4v) is 4.05. The fourth-order valence-electron chi connectivity index (χ4n) is 3.07. The Hall–Kier alpha value is -3.18. The van der Waals surface area contributed by atoms with Gasteiger partial charge < -0.3 is 19.7 Å². The summed E-state index contributed by atoms with van der Waals surface area (Å²) >= 11 is 0. The van der Waals surface area contributed by atoms with E-state index in [0.29, 0.717) is 30.4 Å². The molecule has 2 amide bonds. The molecule has 2 aromatic carbocycles. The Morgan fingerprint density at radius 3 is 2.30 bits per heavy atom. The van der Waals surface area contributed by atoms with Crippen LogP contribution in [0.25, 0.3) is 0 Å². The first-order valence-electron chi connectivity index (χ1n) is 10.2. The maximum atomic E-state index is 13.1. The van der Waals surface area contributed by atoms with Crippen LogP contribution in [0.15, 0.2) is 47.4 Å². The lowest BCUT2D eigenvalue weighted by molar-refractivity contribution is -0.124. The first kappa shape index (κ1) is 24.5. The molecule has 1 aliphatic rings. The van der Waals surface area contributed by atoms with Crippen LogP contribution in [0.2, 0.25) is 0 Å². The van der Waals surface area contributed by atoms with Gasteiger partial charge in [0.1, 0.15) is 25.6 Å². The Labute approximate surface area is 191 Å². The number of fused-ring (bicyclic) bond motifs is 1. The predicted octanol–water partition coefficient (Wildman–Crippen LogP) is 1.82. The van der Waals surface area contributed by atoms with Crippen LogP contribution < -0.4 is 24.4 Å². The normalized spacial score (nSPS) is 13.3. The zero-order valence-corrected chi connectivity index (χ0v) is 19.4. The van der Waals surface area contributed by atoms with Gasteiger partial charge in [-0.2, -0.15) is 0 Å². The molecule has 0 aromatic heterocycles. The summed E-state index contributed by atoms with van der Waals surface area (Å²) in [6.07, 6.45) is 0. The molecular formula is C22H26FN3O6S. The topological polar surface area (TPSA) is 114 Å². The van der Waals surface area contributed by atoms with Gasteiger partial charge in [0.05, 0.1) is 11.4 Å². The second-order valence-corrected chi connectivity index (χ2v) is 10.2. The van der Waals surface area contributed by atoms with Gasteiger partial charge in [0.2, 0.25) is 21.8 Å². The van der Waals surface area contributed by atoms with Gasteiger partial charge in [-0.05, 0) is 57.2 Å². The van der Waals surface area contributed by atoms with Gasteiger partial charge in [-0.1, -0.05) is 0 Å². The third-order valence-corrected chi connectivity index (χ3v) is 5.91. The Morgan fingerprint density at radius 2 is 1.67 bits per heavy atom. The van der Waals surface area contributed by atoms with E-state index < -0.39 is 39.7 Å². The van der Waals surface area contributed by atoms with Crippen molar-refractivity contribution in [1.82, 2.24) is 10.0 Å². The molecule has 2 N–H and O–H groups in total. The van der Waals surface area contributed by atoms with E-state index in [1.165, 1.54) is 0 Å². The van der Waals surface area contributed by atoms with Crippen molar-refractivity contribution in [2.24, 2.45) is 0 Å². The SMILES string of the molecule is CC(C)(C)NC(=O)CN(C(=O)CNS(=O)(=O)c1ccc(F)cc1)c1ccc2c(c1)OCCO2. The van der Waals surface area contributed by atoms with E-state index in [2.05, 4.69) is 10.0 Å². The van der Waals surface area contributed by atoms with Gasteiger partial charge in [-0.3, -0.25) is 9.59 Å². The molecule has 3 rings (SSSR count). The van der Waals surface area contributed by atoms with Crippen LogP contribution >= 0.6 is 0 Å². The van der Waals surface area contributed by atoms with Gasteiger partial charge in [-0.15, -0.1) is 0 Å². The third kappa shape index (κ3) is 6.65. The number of amides is 2. The third-order valence-electron chi connectivity index (χ3n) is 4.49. The molecule has 0 spiro atoms. The summed E-state index contributed by atoms with van der Waals surface area (Å²) in [5, 5.41) is 2.78. The van der Waals surface area contributed by atoms with Crippen molar-refractivity contribution in [3.05, 3.63) is 48.3 Å². The average molecular weight is 480 g/mol. The lowest BCUT2D eigenvalue weighted by Gasteiger charge is -2.27. The standard InChI is InChI=1S/C22H26FN3O6S/c1-22(2,3)25-20(27)14-26(16-6-9-18-19(12-16)32-11-10-31-18)21(28)13-24-33(29,30)17-7-4-15(23)5-8-17/h4-9,12,24H,10-11,13-14H2,1-3H3,(H,25,27). The van der Waals surface area contributed by atoms with Crippen LogP contribution in [0.5, 0.6) is 11.5 Å². The number of anilines is 1. The quantitative estimate of drug-likeness (QED) is 0.626. The van der Waals surface area contributed by atoms with E-state index in [0.717, 1.165) is 29.2 Å². The summed E-state index contributed by atoms with van der Waals surface area (Å²) in [4.78, 5) is 26.6. The second kappa shape index (κ2) is 9.75. The number of nitrogens with one attached hydrogen (secondary N) is 2. The Morgan fingerprint density at radius 1 is 1.03 bits per heavy atom. The van der Waals surface area contributed by atoms with Crippen LogP contribution in [0.4, 0.5) is 10.1 Å². The molecule has 33 heavy (non-hydrogen) atoms. The first-order valence-corrected chi connectivity index (χ1v) is 11.7. The lowest BCUT2D eigenvalue weighted by Crippen LogP contribution is -2.49. The summed E-state index contributed by atoms with van der Waals surface area (Å²) in [5.41, 5.74) is -0.183. The molecule has 1 heterocycles. The summed E-state index contributed by atoms with van der Waals surface area (Å²) in [5.74, 6) is -0.749. The van der Waals surface area contributed by atoms with Crippen LogP contribution in [-0.4, -0.2) is 52.1 Å². The Kier molecular flexibility index (Phi) is 7.23. The number of carbonyl (C=O) groups is 2. The molecule has 0 radical (unpaired) electrons. The molecule has 2 aromatic rings. The van der Waals surface area contributed by atoms with E-state index >= 15 is 0 Å². The molecule has 0 atom stereocenters. The van der Waals surface area contributed by atoms with Gasteiger partial charge in [0.25, 0.3) is 0 Å². The minimum atomic E-state index is -4.07. The molecule has 0 saturated heterocycles. The zero-order valence-electron chi connectivity index (χ0n) is 18.6. The molecule has 0 bridgehead atoms. The number of carbonyl (C=O) groups excluding carboxylic acids is 2. The number of nitrogens with zero attached hydrogens (tertiary/aromatic N) is 1. The number of halogens is 1. The van der Waals surface area contributed by atoms with Crippen molar-refractivity contribution < 1.29 is 31.9 Å². The molecule has 1 aliphatic heterocycles. The van der Waals surface area contributed by atoms with Crippen LogP contribution in [0.1, 0.15) is 20.8 Å². The Balaban J connectivity index is 1.81. The van der Waals surface area contributed by atoms with Crippen molar-refractivity contribution in [2.75, 3.05) is 31.2 Å². The summed E-state index contributed by atoms with van der Waals surface area (Å²) in [6.45, 7) is 5.19. The maximum Gasteiger partial charge on any atom is 0.242 e. The summed E-state index contributed by atoms with van der Waals surface area (Å²) < 4.78 is 51.3. The highest BCUT2D eigenvalue weighted by molar-refractivity contribution is 7.89. The zero-order chi connectivity index (χ0) is 24.2. The molecule has 11 heteroatoms. The predicted molar refractivity (Wildman–Crippen MR) is 119 cm³/mol. The molecule has 0 saturated carbocycles. The number of rotatable bonds is 7. The van der Waals surface area contributed by atoms with Crippen LogP contribution in [0.3, 0.4) is 0 Å².